The highest BCUT2D eigenvalue weighted by Gasteiger charge is 2.06. The molecule has 0 radical (unpaired) electrons. The molecule has 0 saturated heterocycles. The lowest BCUT2D eigenvalue weighted by molar-refractivity contribution is -0.140. The zero-order valence-electron chi connectivity index (χ0n) is 10.1. The summed E-state index contributed by atoms with van der Waals surface area (Å²) in [7, 11) is 1.40. The first-order valence-corrected chi connectivity index (χ1v) is 5.66. The number of ether oxygens (including phenoxy) is 2. The predicted molar refractivity (Wildman–Crippen MR) is 67.1 cm³/mol. The summed E-state index contributed by atoms with van der Waals surface area (Å²) >= 11 is 0. The van der Waals surface area contributed by atoms with Crippen molar-refractivity contribution in [1.29, 1.82) is 0 Å². The molecular weight excluding hydrogens is 216 g/mol. The second-order valence-electron chi connectivity index (χ2n) is 3.61. The maximum Gasteiger partial charge on any atom is 0.305 e. The molecule has 92 valence electrons. The molecule has 0 aliphatic rings. The third kappa shape index (κ3) is 4.72. The van der Waals surface area contributed by atoms with Crippen molar-refractivity contribution in [2.75, 3.05) is 13.7 Å². The van der Waals surface area contributed by atoms with Gasteiger partial charge in [-0.15, -0.1) is 6.58 Å². The standard InChI is InChI=1S/C14H18O3/c1-3-4-11-17-13-8-6-5-7-12(13)9-10-14(15)16-2/h3,5-8H,1,4,9-11H2,2H3. The summed E-state index contributed by atoms with van der Waals surface area (Å²) in [5, 5.41) is 0. The number of methoxy groups -OCH3 is 1. The third-order valence-electron chi connectivity index (χ3n) is 2.38. The first-order chi connectivity index (χ1) is 8.27. The van der Waals surface area contributed by atoms with Gasteiger partial charge in [0, 0.05) is 6.42 Å². The van der Waals surface area contributed by atoms with E-state index in [-0.39, 0.29) is 5.97 Å². The molecule has 0 unspecified atom stereocenters. The summed E-state index contributed by atoms with van der Waals surface area (Å²) in [6.45, 7) is 4.25. The van der Waals surface area contributed by atoms with E-state index in [0.29, 0.717) is 19.4 Å². The monoisotopic (exact) mass is 234 g/mol. The Balaban J connectivity index is 2.57. The summed E-state index contributed by atoms with van der Waals surface area (Å²) in [6, 6.07) is 7.74. The van der Waals surface area contributed by atoms with Crippen molar-refractivity contribution in [2.24, 2.45) is 0 Å². The van der Waals surface area contributed by atoms with E-state index in [9.17, 15) is 4.79 Å². The van der Waals surface area contributed by atoms with E-state index < -0.39 is 0 Å². The van der Waals surface area contributed by atoms with Gasteiger partial charge in [0.15, 0.2) is 0 Å². The fourth-order valence-electron chi connectivity index (χ4n) is 1.44. The van der Waals surface area contributed by atoms with Crippen molar-refractivity contribution in [1.82, 2.24) is 0 Å². The van der Waals surface area contributed by atoms with Gasteiger partial charge in [0.2, 0.25) is 0 Å². The van der Waals surface area contributed by atoms with Crippen LogP contribution in [0.4, 0.5) is 0 Å². The molecule has 1 rings (SSSR count). The van der Waals surface area contributed by atoms with Crippen molar-refractivity contribution >= 4 is 5.97 Å². The molecule has 0 aliphatic heterocycles. The highest BCUT2D eigenvalue weighted by Crippen LogP contribution is 2.19. The lowest BCUT2D eigenvalue weighted by Gasteiger charge is -2.10. The van der Waals surface area contributed by atoms with Crippen LogP contribution >= 0.6 is 0 Å². The number of aryl methyl sites for hydroxylation is 1. The molecule has 0 bridgehead atoms. The van der Waals surface area contributed by atoms with Crippen LogP contribution < -0.4 is 4.74 Å². The molecule has 0 atom stereocenters. The van der Waals surface area contributed by atoms with Crippen molar-refractivity contribution in [3.63, 3.8) is 0 Å². The Morgan fingerprint density at radius 1 is 1.41 bits per heavy atom. The molecule has 0 spiro atoms. The topological polar surface area (TPSA) is 35.5 Å². The van der Waals surface area contributed by atoms with Gasteiger partial charge in [-0.3, -0.25) is 4.79 Å². The van der Waals surface area contributed by atoms with Crippen LogP contribution in [0, 0.1) is 0 Å². The minimum Gasteiger partial charge on any atom is -0.493 e. The van der Waals surface area contributed by atoms with Crippen LogP contribution in [0.5, 0.6) is 5.75 Å². The molecule has 3 heteroatoms. The van der Waals surface area contributed by atoms with Gasteiger partial charge in [-0.25, -0.2) is 0 Å². The van der Waals surface area contributed by atoms with Gasteiger partial charge in [0.1, 0.15) is 5.75 Å². The second-order valence-corrected chi connectivity index (χ2v) is 3.61. The van der Waals surface area contributed by atoms with Gasteiger partial charge in [-0.1, -0.05) is 24.3 Å². The van der Waals surface area contributed by atoms with Gasteiger partial charge in [0.05, 0.1) is 13.7 Å². The van der Waals surface area contributed by atoms with Gasteiger partial charge < -0.3 is 9.47 Å². The molecule has 0 saturated carbocycles. The fourth-order valence-corrected chi connectivity index (χ4v) is 1.44. The van der Waals surface area contributed by atoms with Crippen LogP contribution in [-0.4, -0.2) is 19.7 Å². The number of para-hydroxylation sites is 1. The highest BCUT2D eigenvalue weighted by molar-refractivity contribution is 5.69. The summed E-state index contributed by atoms with van der Waals surface area (Å²) in [4.78, 5) is 11.1. The van der Waals surface area contributed by atoms with Gasteiger partial charge in [0.25, 0.3) is 0 Å². The summed E-state index contributed by atoms with van der Waals surface area (Å²) in [5.74, 6) is 0.629. The molecule has 3 nitrogen and oxygen atoms in total. The molecule has 0 aromatic heterocycles. The largest absolute Gasteiger partial charge is 0.493 e. The Labute approximate surface area is 102 Å². The molecule has 0 amide bonds. The smallest absolute Gasteiger partial charge is 0.305 e. The average Bonchev–Trinajstić information content (AvgIpc) is 2.37. The fraction of sp³-hybridized carbons (Fsp3) is 0.357. The van der Waals surface area contributed by atoms with E-state index in [1.165, 1.54) is 7.11 Å². The predicted octanol–water partition coefficient (Wildman–Crippen LogP) is 2.75. The maximum atomic E-state index is 11.1. The number of benzene rings is 1. The number of esters is 1. The normalized spacial score (nSPS) is 9.71. The molecule has 0 N–H and O–H groups in total. The van der Waals surface area contributed by atoms with E-state index >= 15 is 0 Å². The number of hydrogen-bond acceptors (Lipinski definition) is 3. The zero-order chi connectivity index (χ0) is 12.5. The Morgan fingerprint density at radius 3 is 2.88 bits per heavy atom. The number of rotatable bonds is 7. The number of carbonyl (C=O) groups excluding carboxylic acids is 1. The van der Waals surface area contributed by atoms with Crippen molar-refractivity contribution in [3.8, 4) is 5.75 Å². The van der Waals surface area contributed by atoms with Crippen LogP contribution in [0.3, 0.4) is 0 Å². The molecule has 1 aromatic carbocycles. The first-order valence-electron chi connectivity index (χ1n) is 5.66. The third-order valence-corrected chi connectivity index (χ3v) is 2.38. The molecule has 0 aliphatic carbocycles. The van der Waals surface area contributed by atoms with Crippen molar-refractivity contribution < 1.29 is 14.3 Å². The number of hydrogen-bond donors (Lipinski definition) is 0. The minimum atomic E-state index is -0.203. The summed E-state index contributed by atoms with van der Waals surface area (Å²) in [5.41, 5.74) is 1.03. The Bertz CT molecular complexity index is 371. The minimum absolute atomic E-state index is 0.203. The highest BCUT2D eigenvalue weighted by atomic mass is 16.5. The molecule has 17 heavy (non-hydrogen) atoms. The van der Waals surface area contributed by atoms with Gasteiger partial charge in [-0.05, 0) is 24.5 Å². The summed E-state index contributed by atoms with van der Waals surface area (Å²) in [6.07, 6.45) is 3.64. The van der Waals surface area contributed by atoms with Crippen molar-refractivity contribution in [3.05, 3.63) is 42.5 Å². The van der Waals surface area contributed by atoms with E-state index in [0.717, 1.165) is 17.7 Å². The molecule has 1 aromatic rings. The van der Waals surface area contributed by atoms with Crippen molar-refractivity contribution in [2.45, 2.75) is 19.3 Å². The average molecular weight is 234 g/mol. The van der Waals surface area contributed by atoms with Gasteiger partial charge in [-0.2, -0.15) is 0 Å². The molecule has 0 fully saturated rings. The van der Waals surface area contributed by atoms with Crippen LogP contribution in [0.25, 0.3) is 0 Å². The Kier molecular flexibility index (Phi) is 5.86. The first kappa shape index (κ1) is 13.3. The van der Waals surface area contributed by atoms with E-state index in [1.807, 2.05) is 30.3 Å². The maximum absolute atomic E-state index is 11.1. The van der Waals surface area contributed by atoms with Crippen LogP contribution in [0.2, 0.25) is 0 Å². The quantitative estimate of drug-likeness (QED) is 0.413. The Hall–Kier alpha value is -1.77. The van der Waals surface area contributed by atoms with Crippen LogP contribution in [0.1, 0.15) is 18.4 Å². The SMILES string of the molecule is C=CCCOc1ccccc1CCC(=O)OC. The van der Waals surface area contributed by atoms with Crippen LogP contribution in [0.15, 0.2) is 36.9 Å². The summed E-state index contributed by atoms with van der Waals surface area (Å²) < 4.78 is 10.2. The lowest BCUT2D eigenvalue weighted by Crippen LogP contribution is -2.04. The lowest BCUT2D eigenvalue weighted by atomic mass is 10.1. The molecule has 0 heterocycles. The van der Waals surface area contributed by atoms with Gasteiger partial charge >= 0.3 is 5.97 Å². The zero-order valence-corrected chi connectivity index (χ0v) is 10.1. The molecular formula is C14H18O3. The van der Waals surface area contributed by atoms with E-state index in [1.54, 1.807) is 0 Å². The van der Waals surface area contributed by atoms with E-state index in [2.05, 4.69) is 11.3 Å². The van der Waals surface area contributed by atoms with E-state index in [4.69, 9.17) is 4.74 Å². The van der Waals surface area contributed by atoms with Crippen LogP contribution in [-0.2, 0) is 16.0 Å². The second kappa shape index (κ2) is 7.49. The Morgan fingerprint density at radius 2 is 2.18 bits per heavy atom. The number of carbonyl (C=O) groups is 1.